The monoisotopic (exact) mass is 296 g/mol. The van der Waals surface area contributed by atoms with Crippen LogP contribution in [0.3, 0.4) is 0 Å². The van der Waals surface area contributed by atoms with Crippen molar-refractivity contribution in [3.63, 3.8) is 0 Å². The molecule has 2 rings (SSSR count). The fraction of sp³-hybridized carbons (Fsp3) is 0.429. The van der Waals surface area contributed by atoms with Crippen LogP contribution in [-0.2, 0) is 20.9 Å². The molecule has 1 aromatic carbocycles. The van der Waals surface area contributed by atoms with Gasteiger partial charge in [0, 0.05) is 24.7 Å². The normalized spacial score (nSPS) is 19.5. The Labute approximate surface area is 122 Å². The van der Waals surface area contributed by atoms with E-state index in [0.29, 0.717) is 24.7 Å². The van der Waals surface area contributed by atoms with E-state index < -0.39 is 12.0 Å². The molecule has 20 heavy (non-hydrogen) atoms. The summed E-state index contributed by atoms with van der Waals surface area (Å²) in [4.78, 5) is 25.3. The Bertz CT molecular complexity index is 507. The zero-order chi connectivity index (χ0) is 14.5. The average molecular weight is 297 g/mol. The first kappa shape index (κ1) is 14.8. The van der Waals surface area contributed by atoms with Gasteiger partial charge in [-0.15, -0.1) is 0 Å². The molecule has 0 spiro atoms. The standard InChI is InChI=1S/C14H17ClN2O3/c1-20-13(18)8-12-14(19)16-6-7-17(12)9-10-4-2-3-5-11(10)15/h2-5,12H,6-9H2,1H3,(H,16,19). The van der Waals surface area contributed by atoms with Crippen molar-refractivity contribution >= 4 is 23.5 Å². The third-order valence-corrected chi connectivity index (χ3v) is 3.73. The molecule has 1 heterocycles. The lowest BCUT2D eigenvalue weighted by Crippen LogP contribution is -2.55. The lowest BCUT2D eigenvalue weighted by molar-refractivity contribution is -0.146. The van der Waals surface area contributed by atoms with Gasteiger partial charge in [0.25, 0.3) is 0 Å². The molecule has 0 saturated carbocycles. The van der Waals surface area contributed by atoms with Crippen LogP contribution in [-0.4, -0.2) is 43.0 Å². The molecule has 0 aromatic heterocycles. The van der Waals surface area contributed by atoms with E-state index in [1.165, 1.54) is 7.11 Å². The van der Waals surface area contributed by atoms with Gasteiger partial charge in [-0.1, -0.05) is 29.8 Å². The van der Waals surface area contributed by atoms with Gasteiger partial charge in [-0.2, -0.15) is 0 Å². The van der Waals surface area contributed by atoms with Crippen molar-refractivity contribution in [2.75, 3.05) is 20.2 Å². The number of esters is 1. The molecule has 1 N–H and O–H groups in total. The maximum atomic E-state index is 11.9. The predicted molar refractivity (Wildman–Crippen MR) is 75.3 cm³/mol. The molecule has 108 valence electrons. The number of nitrogens with zero attached hydrogens (tertiary/aromatic N) is 1. The van der Waals surface area contributed by atoms with E-state index in [1.807, 2.05) is 29.2 Å². The number of hydrogen-bond donors (Lipinski definition) is 1. The highest BCUT2D eigenvalue weighted by molar-refractivity contribution is 6.31. The molecular weight excluding hydrogens is 280 g/mol. The number of rotatable bonds is 4. The molecule has 1 amide bonds. The fourth-order valence-corrected chi connectivity index (χ4v) is 2.46. The van der Waals surface area contributed by atoms with Crippen LogP contribution in [0.1, 0.15) is 12.0 Å². The predicted octanol–water partition coefficient (Wildman–Crippen LogP) is 1.20. The van der Waals surface area contributed by atoms with E-state index in [4.69, 9.17) is 11.6 Å². The van der Waals surface area contributed by atoms with Crippen LogP contribution >= 0.6 is 11.6 Å². The summed E-state index contributed by atoms with van der Waals surface area (Å²) < 4.78 is 4.65. The maximum absolute atomic E-state index is 11.9. The van der Waals surface area contributed by atoms with Gasteiger partial charge in [0.2, 0.25) is 5.91 Å². The highest BCUT2D eigenvalue weighted by Gasteiger charge is 2.32. The summed E-state index contributed by atoms with van der Waals surface area (Å²) in [6, 6.07) is 6.99. The quantitative estimate of drug-likeness (QED) is 0.848. The number of benzene rings is 1. The number of piperazine rings is 1. The van der Waals surface area contributed by atoms with Crippen LogP contribution in [0.25, 0.3) is 0 Å². The minimum Gasteiger partial charge on any atom is -0.469 e. The van der Waals surface area contributed by atoms with Crippen LogP contribution in [0.15, 0.2) is 24.3 Å². The Morgan fingerprint density at radius 1 is 1.50 bits per heavy atom. The second-order valence-corrected chi connectivity index (χ2v) is 5.06. The number of ether oxygens (including phenoxy) is 1. The number of nitrogens with one attached hydrogen (secondary N) is 1. The van der Waals surface area contributed by atoms with E-state index in [1.54, 1.807) is 0 Å². The second kappa shape index (κ2) is 6.72. The van der Waals surface area contributed by atoms with Crippen molar-refractivity contribution in [3.8, 4) is 0 Å². The van der Waals surface area contributed by atoms with E-state index >= 15 is 0 Å². The van der Waals surface area contributed by atoms with Gasteiger partial charge in [0.1, 0.15) is 6.04 Å². The fourth-order valence-electron chi connectivity index (χ4n) is 2.26. The molecule has 1 unspecified atom stereocenters. The topological polar surface area (TPSA) is 58.6 Å². The Morgan fingerprint density at radius 2 is 2.25 bits per heavy atom. The molecular formula is C14H17ClN2O3. The Hall–Kier alpha value is -1.59. The Balaban J connectivity index is 2.12. The summed E-state index contributed by atoms with van der Waals surface area (Å²) in [5.41, 5.74) is 0.943. The van der Waals surface area contributed by atoms with Gasteiger partial charge >= 0.3 is 5.97 Å². The number of hydrogen-bond acceptors (Lipinski definition) is 4. The summed E-state index contributed by atoms with van der Waals surface area (Å²) in [6.07, 6.45) is 0.0484. The van der Waals surface area contributed by atoms with Crippen molar-refractivity contribution < 1.29 is 14.3 Å². The number of carbonyl (C=O) groups excluding carboxylic acids is 2. The molecule has 1 aliphatic heterocycles. The third-order valence-electron chi connectivity index (χ3n) is 3.36. The number of carbonyl (C=O) groups is 2. The second-order valence-electron chi connectivity index (χ2n) is 4.65. The molecule has 1 saturated heterocycles. The lowest BCUT2D eigenvalue weighted by atomic mass is 10.1. The number of halogens is 1. The first-order chi connectivity index (χ1) is 9.61. The molecule has 0 bridgehead atoms. The van der Waals surface area contributed by atoms with E-state index in [9.17, 15) is 9.59 Å². The minimum atomic E-state index is -0.507. The number of amides is 1. The van der Waals surface area contributed by atoms with E-state index in [-0.39, 0.29) is 12.3 Å². The molecule has 5 nitrogen and oxygen atoms in total. The maximum Gasteiger partial charge on any atom is 0.307 e. The Morgan fingerprint density at radius 3 is 2.95 bits per heavy atom. The zero-order valence-electron chi connectivity index (χ0n) is 11.3. The van der Waals surface area contributed by atoms with Crippen molar-refractivity contribution in [3.05, 3.63) is 34.9 Å². The van der Waals surface area contributed by atoms with E-state index in [2.05, 4.69) is 10.1 Å². The molecule has 1 atom stereocenters. The highest BCUT2D eigenvalue weighted by Crippen LogP contribution is 2.20. The van der Waals surface area contributed by atoms with Crippen LogP contribution in [0, 0.1) is 0 Å². The van der Waals surface area contributed by atoms with Crippen molar-refractivity contribution in [2.24, 2.45) is 0 Å². The number of methoxy groups -OCH3 is 1. The Kier molecular flexibility index (Phi) is 4.98. The van der Waals surface area contributed by atoms with Crippen LogP contribution in [0.5, 0.6) is 0 Å². The van der Waals surface area contributed by atoms with Crippen molar-refractivity contribution in [1.82, 2.24) is 10.2 Å². The van der Waals surface area contributed by atoms with Crippen LogP contribution in [0.2, 0.25) is 5.02 Å². The molecule has 1 aromatic rings. The van der Waals surface area contributed by atoms with Gasteiger partial charge in [0.05, 0.1) is 13.5 Å². The summed E-state index contributed by atoms with van der Waals surface area (Å²) in [5.74, 6) is -0.537. The first-order valence-electron chi connectivity index (χ1n) is 6.44. The third kappa shape index (κ3) is 3.49. The van der Waals surface area contributed by atoms with Gasteiger partial charge in [-0.3, -0.25) is 14.5 Å². The summed E-state index contributed by atoms with van der Waals surface area (Å²) in [5, 5.41) is 3.43. The van der Waals surface area contributed by atoms with Crippen molar-refractivity contribution in [1.29, 1.82) is 0 Å². The van der Waals surface area contributed by atoms with Crippen LogP contribution in [0.4, 0.5) is 0 Å². The summed E-state index contributed by atoms with van der Waals surface area (Å²) in [6.45, 7) is 1.79. The van der Waals surface area contributed by atoms with Gasteiger partial charge < -0.3 is 10.1 Å². The van der Waals surface area contributed by atoms with E-state index in [0.717, 1.165) is 5.56 Å². The molecule has 0 aliphatic carbocycles. The smallest absolute Gasteiger partial charge is 0.307 e. The molecule has 0 radical (unpaired) electrons. The zero-order valence-corrected chi connectivity index (χ0v) is 12.0. The van der Waals surface area contributed by atoms with Gasteiger partial charge in [-0.25, -0.2) is 0 Å². The van der Waals surface area contributed by atoms with Crippen LogP contribution < -0.4 is 5.32 Å². The largest absolute Gasteiger partial charge is 0.469 e. The summed E-state index contributed by atoms with van der Waals surface area (Å²) in [7, 11) is 1.32. The van der Waals surface area contributed by atoms with Gasteiger partial charge in [-0.05, 0) is 11.6 Å². The SMILES string of the molecule is COC(=O)CC1C(=O)NCCN1Cc1ccccc1Cl. The van der Waals surface area contributed by atoms with Crippen molar-refractivity contribution in [2.45, 2.75) is 19.0 Å². The lowest BCUT2D eigenvalue weighted by Gasteiger charge is -2.34. The highest BCUT2D eigenvalue weighted by atomic mass is 35.5. The summed E-state index contributed by atoms with van der Waals surface area (Å²) >= 11 is 6.14. The molecule has 6 heteroatoms. The minimum absolute atomic E-state index is 0.0484. The molecule has 1 fully saturated rings. The first-order valence-corrected chi connectivity index (χ1v) is 6.81. The average Bonchev–Trinajstić information content (AvgIpc) is 2.44. The molecule has 1 aliphatic rings. The van der Waals surface area contributed by atoms with Gasteiger partial charge in [0.15, 0.2) is 0 Å².